The lowest BCUT2D eigenvalue weighted by atomic mass is 9.92. The number of nitrogens with zero attached hydrogens (tertiary/aromatic N) is 2. The van der Waals surface area contributed by atoms with Crippen LogP contribution in [-0.2, 0) is 16.9 Å². The van der Waals surface area contributed by atoms with E-state index >= 15 is 0 Å². The topological polar surface area (TPSA) is 75.4 Å². The number of urea groups is 1. The summed E-state index contributed by atoms with van der Waals surface area (Å²) >= 11 is 5.99. The Morgan fingerprint density at radius 2 is 1.96 bits per heavy atom. The van der Waals surface area contributed by atoms with Crippen LogP contribution in [-0.4, -0.2) is 21.8 Å². The molecule has 28 heavy (non-hydrogen) atoms. The van der Waals surface area contributed by atoms with Crippen LogP contribution in [0.3, 0.4) is 0 Å². The Hall–Kier alpha value is -3.19. The fourth-order valence-electron chi connectivity index (χ4n) is 3.11. The third kappa shape index (κ3) is 3.14. The van der Waals surface area contributed by atoms with Gasteiger partial charge in [-0.2, -0.15) is 0 Å². The predicted octanol–water partition coefficient (Wildman–Crippen LogP) is 4.10. The number of hydrogen-bond donors (Lipinski definition) is 1. The number of halogens is 2. The predicted molar refractivity (Wildman–Crippen MR) is 99.8 cm³/mol. The third-order valence-corrected chi connectivity index (χ3v) is 4.89. The Morgan fingerprint density at radius 3 is 2.68 bits per heavy atom. The molecule has 6 nitrogen and oxygen atoms in total. The minimum atomic E-state index is -1.28. The van der Waals surface area contributed by atoms with E-state index in [-0.39, 0.29) is 12.4 Å². The van der Waals surface area contributed by atoms with Crippen LogP contribution in [0.15, 0.2) is 59.1 Å². The summed E-state index contributed by atoms with van der Waals surface area (Å²) in [5, 5.41) is 3.22. The van der Waals surface area contributed by atoms with Crippen molar-refractivity contribution >= 4 is 23.5 Å². The SMILES string of the molecule is CC1(c2ccc(F)cc2)NC(=O)N(Cc2ncc(-c3cccc(Cl)c3)o2)C1=O. The van der Waals surface area contributed by atoms with Gasteiger partial charge >= 0.3 is 6.03 Å². The lowest BCUT2D eigenvalue weighted by molar-refractivity contribution is -0.131. The van der Waals surface area contributed by atoms with Crippen LogP contribution in [0, 0.1) is 5.82 Å². The number of rotatable bonds is 4. The summed E-state index contributed by atoms with van der Waals surface area (Å²) in [6.45, 7) is 1.45. The fourth-order valence-corrected chi connectivity index (χ4v) is 3.30. The smallest absolute Gasteiger partial charge is 0.325 e. The Balaban J connectivity index is 1.56. The maximum absolute atomic E-state index is 13.2. The van der Waals surface area contributed by atoms with Gasteiger partial charge < -0.3 is 9.73 Å². The molecule has 0 saturated carbocycles. The van der Waals surface area contributed by atoms with Crippen LogP contribution in [0.2, 0.25) is 5.02 Å². The van der Waals surface area contributed by atoms with Gasteiger partial charge in [-0.25, -0.2) is 14.2 Å². The quantitative estimate of drug-likeness (QED) is 0.670. The second-order valence-corrected chi connectivity index (χ2v) is 7.02. The van der Waals surface area contributed by atoms with E-state index in [1.807, 2.05) is 6.07 Å². The van der Waals surface area contributed by atoms with Crippen LogP contribution in [0.5, 0.6) is 0 Å². The molecular weight excluding hydrogens is 385 g/mol. The molecule has 1 aliphatic heterocycles. The van der Waals surface area contributed by atoms with E-state index in [0.29, 0.717) is 16.3 Å². The van der Waals surface area contributed by atoms with Crippen LogP contribution in [0.4, 0.5) is 9.18 Å². The van der Waals surface area contributed by atoms with E-state index in [1.54, 1.807) is 25.1 Å². The lowest BCUT2D eigenvalue weighted by Gasteiger charge is -2.21. The standard InChI is InChI=1S/C20H15ClFN3O3/c1-20(13-5-7-15(22)8-6-13)18(26)25(19(27)24-20)11-17-23-10-16(28-17)12-3-2-4-14(21)9-12/h2-10H,11H2,1H3,(H,24,27). The highest BCUT2D eigenvalue weighted by molar-refractivity contribution is 6.30. The maximum Gasteiger partial charge on any atom is 0.325 e. The van der Waals surface area contributed by atoms with Gasteiger partial charge in [0.2, 0.25) is 5.89 Å². The normalized spacial score (nSPS) is 19.2. The van der Waals surface area contributed by atoms with Crippen LogP contribution >= 0.6 is 11.6 Å². The van der Waals surface area contributed by atoms with Crippen molar-refractivity contribution in [3.05, 3.63) is 77.0 Å². The minimum absolute atomic E-state index is 0.123. The highest BCUT2D eigenvalue weighted by Crippen LogP contribution is 2.30. The lowest BCUT2D eigenvalue weighted by Crippen LogP contribution is -2.40. The van der Waals surface area contributed by atoms with Crippen molar-refractivity contribution in [1.82, 2.24) is 15.2 Å². The van der Waals surface area contributed by atoms with E-state index in [9.17, 15) is 14.0 Å². The molecule has 3 aromatic rings. The number of carbonyl (C=O) groups excluding carboxylic acids is 2. The van der Waals surface area contributed by atoms with Crippen LogP contribution in [0.1, 0.15) is 18.4 Å². The zero-order valence-electron chi connectivity index (χ0n) is 14.8. The molecule has 0 aliphatic carbocycles. The van der Waals surface area contributed by atoms with Gasteiger partial charge in [0.25, 0.3) is 5.91 Å². The highest BCUT2D eigenvalue weighted by Gasteiger charge is 2.49. The third-order valence-electron chi connectivity index (χ3n) is 4.65. The Bertz CT molecular complexity index is 1070. The molecule has 0 bridgehead atoms. The fraction of sp³-hybridized carbons (Fsp3) is 0.150. The molecule has 1 atom stereocenters. The molecule has 1 aliphatic rings. The molecule has 142 valence electrons. The second kappa shape index (κ2) is 6.76. The second-order valence-electron chi connectivity index (χ2n) is 6.58. The molecule has 8 heteroatoms. The average molecular weight is 400 g/mol. The number of imide groups is 1. The number of nitrogens with one attached hydrogen (secondary N) is 1. The molecule has 1 fully saturated rings. The molecule has 3 amide bonds. The minimum Gasteiger partial charge on any atom is -0.439 e. The Kier molecular flexibility index (Phi) is 4.39. The molecule has 2 heterocycles. The first-order chi connectivity index (χ1) is 13.4. The Morgan fingerprint density at radius 1 is 1.21 bits per heavy atom. The first kappa shape index (κ1) is 18.2. The van der Waals surface area contributed by atoms with E-state index < -0.39 is 23.3 Å². The van der Waals surface area contributed by atoms with Gasteiger partial charge in [0.15, 0.2) is 5.76 Å². The molecule has 1 saturated heterocycles. The van der Waals surface area contributed by atoms with E-state index in [0.717, 1.165) is 10.5 Å². The highest BCUT2D eigenvalue weighted by atomic mass is 35.5. The molecule has 1 N–H and O–H groups in total. The number of benzene rings is 2. The summed E-state index contributed by atoms with van der Waals surface area (Å²) in [6, 6.07) is 11.9. The number of aromatic nitrogens is 1. The number of carbonyl (C=O) groups is 2. The van der Waals surface area contributed by atoms with E-state index in [4.69, 9.17) is 16.0 Å². The molecule has 0 radical (unpaired) electrons. The van der Waals surface area contributed by atoms with Crippen molar-refractivity contribution in [2.75, 3.05) is 0 Å². The average Bonchev–Trinajstić information content (AvgIpc) is 3.22. The van der Waals surface area contributed by atoms with Gasteiger partial charge in [0.05, 0.1) is 6.20 Å². The van der Waals surface area contributed by atoms with Crippen molar-refractivity contribution < 1.29 is 18.4 Å². The van der Waals surface area contributed by atoms with Gasteiger partial charge in [0.1, 0.15) is 17.9 Å². The van der Waals surface area contributed by atoms with Crippen LogP contribution in [0.25, 0.3) is 11.3 Å². The summed E-state index contributed by atoms with van der Waals surface area (Å²) in [5.74, 6) is -0.200. The van der Waals surface area contributed by atoms with Crippen LogP contribution < -0.4 is 5.32 Å². The van der Waals surface area contributed by atoms with Gasteiger partial charge in [-0.3, -0.25) is 9.69 Å². The van der Waals surface area contributed by atoms with Gasteiger partial charge in [-0.15, -0.1) is 0 Å². The van der Waals surface area contributed by atoms with Gasteiger partial charge in [-0.05, 0) is 36.8 Å². The van der Waals surface area contributed by atoms with Crippen molar-refractivity contribution in [3.8, 4) is 11.3 Å². The largest absolute Gasteiger partial charge is 0.439 e. The van der Waals surface area contributed by atoms with Crippen molar-refractivity contribution in [1.29, 1.82) is 0 Å². The maximum atomic E-state index is 13.2. The molecule has 1 aromatic heterocycles. The molecule has 0 spiro atoms. The summed E-state index contributed by atoms with van der Waals surface area (Å²) < 4.78 is 18.9. The molecular formula is C20H15ClFN3O3. The van der Waals surface area contributed by atoms with E-state index in [2.05, 4.69) is 10.3 Å². The van der Waals surface area contributed by atoms with Gasteiger partial charge in [-0.1, -0.05) is 35.9 Å². The zero-order chi connectivity index (χ0) is 19.9. The number of amides is 3. The number of oxazole rings is 1. The summed E-state index contributed by atoms with van der Waals surface area (Å²) in [6.07, 6.45) is 1.51. The summed E-state index contributed by atoms with van der Waals surface area (Å²) in [5.41, 5.74) is -0.0611. The zero-order valence-corrected chi connectivity index (χ0v) is 15.5. The summed E-state index contributed by atoms with van der Waals surface area (Å²) in [7, 11) is 0. The Labute approximate surface area is 164 Å². The molecule has 1 unspecified atom stereocenters. The monoisotopic (exact) mass is 399 g/mol. The van der Waals surface area contributed by atoms with Gasteiger partial charge in [0, 0.05) is 10.6 Å². The first-order valence-electron chi connectivity index (χ1n) is 8.47. The van der Waals surface area contributed by atoms with E-state index in [1.165, 1.54) is 30.5 Å². The van der Waals surface area contributed by atoms with Crippen molar-refractivity contribution in [3.63, 3.8) is 0 Å². The summed E-state index contributed by atoms with van der Waals surface area (Å²) in [4.78, 5) is 30.5. The van der Waals surface area contributed by atoms with Crippen molar-refractivity contribution in [2.24, 2.45) is 0 Å². The first-order valence-corrected chi connectivity index (χ1v) is 8.85. The van der Waals surface area contributed by atoms with Crippen molar-refractivity contribution in [2.45, 2.75) is 19.0 Å². The molecule has 2 aromatic carbocycles. The molecule has 4 rings (SSSR count). The number of hydrogen-bond acceptors (Lipinski definition) is 4.